The van der Waals surface area contributed by atoms with Gasteiger partial charge in [0.05, 0.1) is 4.90 Å². The van der Waals surface area contributed by atoms with Crippen LogP contribution in [0.5, 0.6) is 0 Å². The van der Waals surface area contributed by atoms with E-state index >= 15 is 0 Å². The Labute approximate surface area is 108 Å². The van der Waals surface area contributed by atoms with Gasteiger partial charge in [-0.1, -0.05) is 6.07 Å². The Balaban J connectivity index is 2.38. The van der Waals surface area contributed by atoms with Gasteiger partial charge < -0.3 is 4.90 Å². The molecule has 2 rings (SSSR count). The highest BCUT2D eigenvalue weighted by atomic mass is 32.2. The van der Waals surface area contributed by atoms with E-state index in [1.807, 2.05) is 0 Å². The fraction of sp³-hybridized carbons (Fsp3) is 0.462. The van der Waals surface area contributed by atoms with Gasteiger partial charge in [0.1, 0.15) is 0 Å². The number of sulfone groups is 1. The Kier molecular flexibility index (Phi) is 3.43. The lowest BCUT2D eigenvalue weighted by atomic mass is 10.1. The van der Waals surface area contributed by atoms with Crippen LogP contribution in [0.25, 0.3) is 0 Å². The average Bonchev–Trinajstić information content (AvgIpc) is 2.80. The van der Waals surface area contributed by atoms with Crippen LogP contribution in [0.3, 0.4) is 0 Å². The first-order valence-electron chi connectivity index (χ1n) is 5.99. The third-order valence-electron chi connectivity index (χ3n) is 3.23. The Hall–Kier alpha value is -1.36. The average molecular weight is 267 g/mol. The molecule has 1 saturated heterocycles. The number of likely N-dealkylation sites (tertiary alicyclic amines) is 1. The molecule has 0 atom stereocenters. The highest BCUT2D eigenvalue weighted by Gasteiger charge is 2.21. The molecule has 1 aromatic carbocycles. The SMILES string of the molecule is Cc1ccc(C(=O)N2CCCC2)cc1S(C)(=O)=O. The second kappa shape index (κ2) is 4.72. The normalized spacial score (nSPS) is 16.0. The molecule has 1 aliphatic rings. The number of amides is 1. The van der Waals surface area contributed by atoms with Crippen molar-refractivity contribution in [3.05, 3.63) is 29.3 Å². The summed E-state index contributed by atoms with van der Waals surface area (Å²) in [5, 5.41) is 0. The largest absolute Gasteiger partial charge is 0.339 e. The maximum Gasteiger partial charge on any atom is 0.253 e. The first kappa shape index (κ1) is 13.1. The number of aryl methyl sites for hydroxylation is 1. The molecule has 0 N–H and O–H groups in total. The van der Waals surface area contributed by atoms with E-state index < -0.39 is 9.84 Å². The smallest absolute Gasteiger partial charge is 0.253 e. The molecule has 0 aliphatic carbocycles. The molecule has 0 radical (unpaired) electrons. The van der Waals surface area contributed by atoms with Gasteiger partial charge in [0.2, 0.25) is 0 Å². The molecule has 1 amide bonds. The predicted octanol–water partition coefficient (Wildman–Crippen LogP) is 1.63. The number of carbonyl (C=O) groups excluding carboxylic acids is 1. The predicted molar refractivity (Wildman–Crippen MR) is 69.4 cm³/mol. The van der Waals surface area contributed by atoms with E-state index in [1.165, 1.54) is 12.3 Å². The molecule has 5 heteroatoms. The van der Waals surface area contributed by atoms with Crippen LogP contribution in [0.2, 0.25) is 0 Å². The second-order valence-corrected chi connectivity index (χ2v) is 6.74. The summed E-state index contributed by atoms with van der Waals surface area (Å²) in [6, 6.07) is 4.88. The summed E-state index contributed by atoms with van der Waals surface area (Å²) in [4.78, 5) is 14.2. The fourth-order valence-corrected chi connectivity index (χ4v) is 3.23. The maximum absolute atomic E-state index is 12.2. The monoisotopic (exact) mass is 267 g/mol. The standard InChI is InChI=1S/C13H17NO3S/c1-10-5-6-11(9-12(10)18(2,16)17)13(15)14-7-3-4-8-14/h5-6,9H,3-4,7-8H2,1-2H3. The zero-order valence-corrected chi connectivity index (χ0v) is 11.5. The highest BCUT2D eigenvalue weighted by molar-refractivity contribution is 7.90. The zero-order chi connectivity index (χ0) is 13.3. The van der Waals surface area contributed by atoms with E-state index in [-0.39, 0.29) is 10.8 Å². The minimum absolute atomic E-state index is 0.0719. The van der Waals surface area contributed by atoms with Gasteiger partial charge in [0.15, 0.2) is 9.84 Å². The van der Waals surface area contributed by atoms with Crippen LogP contribution in [0.4, 0.5) is 0 Å². The first-order valence-corrected chi connectivity index (χ1v) is 7.89. The Morgan fingerprint density at radius 3 is 2.39 bits per heavy atom. The van der Waals surface area contributed by atoms with Crippen molar-refractivity contribution in [2.75, 3.05) is 19.3 Å². The number of benzene rings is 1. The number of hydrogen-bond donors (Lipinski definition) is 0. The second-order valence-electron chi connectivity index (χ2n) is 4.75. The van der Waals surface area contributed by atoms with Gasteiger partial charge in [-0.05, 0) is 37.5 Å². The van der Waals surface area contributed by atoms with Crippen LogP contribution < -0.4 is 0 Å². The molecule has 1 aromatic rings. The van der Waals surface area contributed by atoms with E-state index in [1.54, 1.807) is 24.0 Å². The third-order valence-corrected chi connectivity index (χ3v) is 4.47. The topological polar surface area (TPSA) is 54.5 Å². The molecule has 1 fully saturated rings. The summed E-state index contributed by atoms with van der Waals surface area (Å²) in [6.45, 7) is 3.27. The van der Waals surface area contributed by atoms with Gasteiger partial charge in [-0.2, -0.15) is 0 Å². The minimum Gasteiger partial charge on any atom is -0.339 e. The van der Waals surface area contributed by atoms with Crippen molar-refractivity contribution in [1.29, 1.82) is 0 Å². The van der Waals surface area contributed by atoms with Crippen LogP contribution in [-0.4, -0.2) is 38.6 Å². The minimum atomic E-state index is -3.28. The lowest BCUT2D eigenvalue weighted by Crippen LogP contribution is -2.27. The van der Waals surface area contributed by atoms with E-state index in [0.29, 0.717) is 11.1 Å². The van der Waals surface area contributed by atoms with Crippen LogP contribution in [0, 0.1) is 6.92 Å². The molecule has 98 valence electrons. The van der Waals surface area contributed by atoms with Crippen molar-refractivity contribution in [3.8, 4) is 0 Å². The molecule has 0 spiro atoms. The van der Waals surface area contributed by atoms with Crippen molar-refractivity contribution >= 4 is 15.7 Å². The molecule has 4 nitrogen and oxygen atoms in total. The Morgan fingerprint density at radius 2 is 1.83 bits per heavy atom. The molecule has 0 aromatic heterocycles. The van der Waals surface area contributed by atoms with E-state index in [9.17, 15) is 13.2 Å². The molecule has 18 heavy (non-hydrogen) atoms. The van der Waals surface area contributed by atoms with Gasteiger partial charge in [-0.15, -0.1) is 0 Å². The van der Waals surface area contributed by atoms with Gasteiger partial charge in [0, 0.05) is 24.9 Å². The number of hydrogen-bond acceptors (Lipinski definition) is 3. The molecule has 0 unspecified atom stereocenters. The van der Waals surface area contributed by atoms with Crippen molar-refractivity contribution in [3.63, 3.8) is 0 Å². The highest BCUT2D eigenvalue weighted by Crippen LogP contribution is 2.19. The summed E-state index contributed by atoms with van der Waals surface area (Å²) in [5.74, 6) is -0.0719. The number of rotatable bonds is 2. The van der Waals surface area contributed by atoms with Gasteiger partial charge in [-0.3, -0.25) is 4.79 Å². The zero-order valence-electron chi connectivity index (χ0n) is 10.6. The van der Waals surface area contributed by atoms with E-state index in [0.717, 1.165) is 25.9 Å². The number of carbonyl (C=O) groups is 1. The van der Waals surface area contributed by atoms with Gasteiger partial charge >= 0.3 is 0 Å². The molecule has 1 aliphatic heterocycles. The van der Waals surface area contributed by atoms with Crippen molar-refractivity contribution in [2.24, 2.45) is 0 Å². The van der Waals surface area contributed by atoms with Crippen molar-refractivity contribution < 1.29 is 13.2 Å². The molecule has 0 bridgehead atoms. The summed E-state index contributed by atoms with van der Waals surface area (Å²) in [6.07, 6.45) is 3.21. The van der Waals surface area contributed by atoms with Crippen molar-refractivity contribution in [1.82, 2.24) is 4.90 Å². The maximum atomic E-state index is 12.2. The van der Waals surface area contributed by atoms with Gasteiger partial charge in [-0.25, -0.2) is 8.42 Å². The van der Waals surface area contributed by atoms with Crippen LogP contribution in [-0.2, 0) is 9.84 Å². The van der Waals surface area contributed by atoms with E-state index in [4.69, 9.17) is 0 Å². The summed E-state index contributed by atoms with van der Waals surface area (Å²) in [7, 11) is -3.28. The van der Waals surface area contributed by atoms with Crippen LogP contribution in [0.15, 0.2) is 23.1 Å². The lowest BCUT2D eigenvalue weighted by molar-refractivity contribution is 0.0792. The van der Waals surface area contributed by atoms with Crippen LogP contribution in [0.1, 0.15) is 28.8 Å². The molecular weight excluding hydrogens is 250 g/mol. The molecular formula is C13H17NO3S. The third kappa shape index (κ3) is 2.56. The number of nitrogens with zero attached hydrogens (tertiary/aromatic N) is 1. The Bertz CT molecular complexity index is 572. The Morgan fingerprint density at radius 1 is 1.22 bits per heavy atom. The van der Waals surface area contributed by atoms with Gasteiger partial charge in [0.25, 0.3) is 5.91 Å². The lowest BCUT2D eigenvalue weighted by Gasteiger charge is -2.16. The van der Waals surface area contributed by atoms with E-state index in [2.05, 4.69) is 0 Å². The summed E-state index contributed by atoms with van der Waals surface area (Å²) < 4.78 is 23.2. The molecule has 0 saturated carbocycles. The summed E-state index contributed by atoms with van der Waals surface area (Å²) in [5.41, 5.74) is 1.14. The van der Waals surface area contributed by atoms with Crippen LogP contribution >= 0.6 is 0 Å². The molecule has 1 heterocycles. The summed E-state index contributed by atoms with van der Waals surface area (Å²) >= 11 is 0. The van der Waals surface area contributed by atoms with Crippen molar-refractivity contribution in [2.45, 2.75) is 24.7 Å². The quantitative estimate of drug-likeness (QED) is 0.818. The first-order chi connectivity index (χ1) is 8.39. The fourth-order valence-electron chi connectivity index (χ4n) is 2.24.